The van der Waals surface area contributed by atoms with Crippen molar-refractivity contribution >= 4 is 45.8 Å². The number of fused-ring (bicyclic) bond motifs is 1. The van der Waals surface area contributed by atoms with Crippen LogP contribution in [-0.2, 0) is 9.53 Å². The molecule has 0 radical (unpaired) electrons. The van der Waals surface area contributed by atoms with Crippen molar-refractivity contribution in [2.24, 2.45) is 16.5 Å². The SMILES string of the molecule is C=C(C(=O)OC(C)(C)C)C1N=C(c2ccc(/C=C/CCN)cc2)c2c(sc(C)c2C)/[N+](=C(\C)N)C1=N. The van der Waals surface area contributed by atoms with Crippen LogP contribution in [-0.4, -0.2) is 46.1 Å². The number of carbonyl (C=O) groups excluding carboxylic acids is 1. The number of aryl methyl sites for hydroxylation is 1. The van der Waals surface area contributed by atoms with Gasteiger partial charge in [-0.05, 0) is 58.7 Å². The summed E-state index contributed by atoms with van der Waals surface area (Å²) >= 11 is 1.55. The molecular formula is C28H36N5O2S+. The number of nitrogens with one attached hydrogen (secondary N) is 1. The van der Waals surface area contributed by atoms with Gasteiger partial charge >= 0.3 is 5.97 Å². The second-order valence-corrected chi connectivity index (χ2v) is 11.0. The number of carbonyl (C=O) groups is 1. The lowest BCUT2D eigenvalue weighted by Gasteiger charge is -2.22. The summed E-state index contributed by atoms with van der Waals surface area (Å²) in [4.78, 5) is 19.1. The number of hydrogen-bond donors (Lipinski definition) is 3. The van der Waals surface area contributed by atoms with Gasteiger partial charge in [0.25, 0.3) is 5.84 Å². The minimum absolute atomic E-state index is 0.0599. The Morgan fingerprint density at radius 1 is 1.28 bits per heavy atom. The molecule has 0 spiro atoms. The van der Waals surface area contributed by atoms with Crippen LogP contribution in [0.15, 0.2) is 47.5 Å². The quantitative estimate of drug-likeness (QED) is 0.225. The van der Waals surface area contributed by atoms with E-state index in [9.17, 15) is 4.79 Å². The van der Waals surface area contributed by atoms with Gasteiger partial charge in [-0.3, -0.25) is 4.99 Å². The summed E-state index contributed by atoms with van der Waals surface area (Å²) in [6.07, 6.45) is 4.89. The molecule has 0 saturated heterocycles. The maximum absolute atomic E-state index is 13.0. The molecule has 0 fully saturated rings. The first kappa shape index (κ1) is 27.2. The molecule has 1 aliphatic heterocycles. The molecule has 1 atom stereocenters. The van der Waals surface area contributed by atoms with Gasteiger partial charge in [-0.15, -0.1) is 11.3 Å². The Kier molecular flexibility index (Phi) is 8.11. The van der Waals surface area contributed by atoms with E-state index in [1.807, 2.05) is 50.3 Å². The Bertz CT molecular complexity index is 1290. The van der Waals surface area contributed by atoms with E-state index in [0.717, 1.165) is 38.6 Å². The summed E-state index contributed by atoms with van der Waals surface area (Å²) in [7, 11) is 0. The third-order valence-corrected chi connectivity index (χ3v) is 6.93. The normalized spacial score (nSPS) is 17.5. The van der Waals surface area contributed by atoms with Crippen LogP contribution in [0.1, 0.15) is 61.2 Å². The van der Waals surface area contributed by atoms with E-state index in [0.29, 0.717) is 18.1 Å². The van der Waals surface area contributed by atoms with Crippen LogP contribution >= 0.6 is 11.3 Å². The molecule has 0 amide bonds. The van der Waals surface area contributed by atoms with Crippen molar-refractivity contribution in [3.05, 3.63) is 69.6 Å². The van der Waals surface area contributed by atoms with E-state index in [1.165, 1.54) is 0 Å². The third-order valence-electron chi connectivity index (χ3n) is 5.74. The van der Waals surface area contributed by atoms with Crippen molar-refractivity contribution in [2.75, 3.05) is 6.54 Å². The smallest absolute Gasteiger partial charge is 0.336 e. The molecule has 1 aromatic heterocycles. The molecule has 1 aliphatic rings. The molecule has 5 N–H and O–H groups in total. The zero-order valence-electron chi connectivity index (χ0n) is 21.9. The summed E-state index contributed by atoms with van der Waals surface area (Å²) < 4.78 is 7.23. The van der Waals surface area contributed by atoms with Gasteiger partial charge in [-0.1, -0.05) is 43.0 Å². The largest absolute Gasteiger partial charge is 0.457 e. The Balaban J connectivity index is 2.22. The number of hydrogen-bond acceptors (Lipinski definition) is 6. The van der Waals surface area contributed by atoms with Crippen LogP contribution in [0.4, 0.5) is 5.00 Å². The lowest BCUT2D eigenvalue weighted by Crippen LogP contribution is -2.37. The predicted octanol–water partition coefficient (Wildman–Crippen LogP) is 4.84. The average Bonchev–Trinajstić information content (AvgIpc) is 2.99. The zero-order valence-corrected chi connectivity index (χ0v) is 22.8. The Labute approximate surface area is 217 Å². The first-order chi connectivity index (χ1) is 16.9. The zero-order chi connectivity index (χ0) is 26.8. The van der Waals surface area contributed by atoms with E-state index < -0.39 is 17.6 Å². The summed E-state index contributed by atoms with van der Waals surface area (Å²) in [5.74, 6) is -0.112. The number of aliphatic imine (C=N–C) groups is 1. The molecule has 3 rings (SSSR count). The second-order valence-electron chi connectivity index (χ2n) is 9.83. The third kappa shape index (κ3) is 5.71. The van der Waals surface area contributed by atoms with E-state index in [2.05, 4.69) is 6.58 Å². The monoisotopic (exact) mass is 506 g/mol. The molecule has 2 heterocycles. The molecule has 2 aromatic rings. The lowest BCUT2D eigenvalue weighted by molar-refractivity contribution is -0.308. The van der Waals surface area contributed by atoms with E-state index in [1.54, 1.807) is 43.6 Å². The number of benzene rings is 1. The van der Waals surface area contributed by atoms with Crippen LogP contribution in [0.5, 0.6) is 0 Å². The number of thiophene rings is 1. The number of rotatable bonds is 6. The molecule has 190 valence electrons. The maximum atomic E-state index is 13.0. The fraction of sp³-hybridized carbons (Fsp3) is 0.357. The highest BCUT2D eigenvalue weighted by Gasteiger charge is 2.39. The minimum atomic E-state index is -0.961. The van der Waals surface area contributed by atoms with Gasteiger partial charge < -0.3 is 16.2 Å². The fourth-order valence-corrected chi connectivity index (χ4v) is 5.10. The van der Waals surface area contributed by atoms with E-state index >= 15 is 0 Å². The number of nitrogens with zero attached hydrogens (tertiary/aromatic N) is 2. The molecule has 0 bridgehead atoms. The molecule has 0 saturated carbocycles. The summed E-state index contributed by atoms with van der Waals surface area (Å²) in [5.41, 5.74) is 15.8. The Hall–Kier alpha value is -3.36. The second kappa shape index (κ2) is 10.7. The predicted molar refractivity (Wildman–Crippen MR) is 150 cm³/mol. The van der Waals surface area contributed by atoms with Crippen molar-refractivity contribution in [3.63, 3.8) is 0 Å². The highest BCUT2D eigenvalue weighted by Crippen LogP contribution is 2.39. The van der Waals surface area contributed by atoms with Crippen molar-refractivity contribution in [1.29, 1.82) is 5.41 Å². The number of ether oxygens (including phenoxy) is 1. The summed E-state index contributed by atoms with van der Waals surface area (Å²) in [5, 5.41) is 9.86. The summed E-state index contributed by atoms with van der Waals surface area (Å²) in [6, 6.07) is 7.08. The van der Waals surface area contributed by atoms with Gasteiger partial charge in [0.1, 0.15) is 5.60 Å². The number of amidine groups is 2. The van der Waals surface area contributed by atoms with Gasteiger partial charge in [-0.25, -0.2) is 4.79 Å². The van der Waals surface area contributed by atoms with Crippen LogP contribution in [0.2, 0.25) is 0 Å². The topological polar surface area (TPSA) is 118 Å². The van der Waals surface area contributed by atoms with Gasteiger partial charge in [0.15, 0.2) is 16.9 Å². The fourth-order valence-electron chi connectivity index (χ4n) is 3.87. The van der Waals surface area contributed by atoms with Crippen LogP contribution < -0.4 is 11.5 Å². The first-order valence-corrected chi connectivity index (χ1v) is 12.7. The first-order valence-electron chi connectivity index (χ1n) is 11.9. The van der Waals surface area contributed by atoms with Crippen LogP contribution in [0.25, 0.3) is 6.08 Å². The summed E-state index contributed by atoms with van der Waals surface area (Å²) in [6.45, 7) is 15.8. The van der Waals surface area contributed by atoms with Crippen molar-refractivity contribution in [3.8, 4) is 0 Å². The Morgan fingerprint density at radius 2 is 1.92 bits per heavy atom. The molecule has 0 aliphatic carbocycles. The molecular weight excluding hydrogens is 470 g/mol. The van der Waals surface area contributed by atoms with E-state index in [4.69, 9.17) is 26.6 Å². The standard InChI is InChI=1S/C28H35N5O2S/c1-16-18(3)36-26-22(16)24(21-13-11-20(12-14-21)10-8-9-15-29)32-23(25(31)33(26)19(4)30)17(2)27(34)35-28(5,6)7/h8,10-14,23,30-31H,2,9,15,29H2,1,3-7H3/p+1/b10-8+,31-25?. The number of nitrogens with two attached hydrogens (primary N) is 2. The molecule has 8 heteroatoms. The Morgan fingerprint density at radius 3 is 2.47 bits per heavy atom. The van der Waals surface area contributed by atoms with Gasteiger partial charge in [0.05, 0.1) is 16.8 Å². The average molecular weight is 507 g/mol. The minimum Gasteiger partial charge on any atom is -0.457 e. The maximum Gasteiger partial charge on any atom is 0.336 e. The van der Waals surface area contributed by atoms with Crippen LogP contribution in [0, 0.1) is 19.3 Å². The van der Waals surface area contributed by atoms with E-state index in [-0.39, 0.29) is 11.4 Å². The highest BCUT2D eigenvalue weighted by molar-refractivity contribution is 7.16. The van der Waals surface area contributed by atoms with Crippen molar-refractivity contribution in [2.45, 2.75) is 59.6 Å². The highest BCUT2D eigenvalue weighted by atomic mass is 32.1. The van der Waals surface area contributed by atoms with Crippen molar-refractivity contribution in [1.82, 2.24) is 0 Å². The van der Waals surface area contributed by atoms with Gasteiger partial charge in [0, 0.05) is 17.4 Å². The van der Waals surface area contributed by atoms with Crippen LogP contribution in [0.3, 0.4) is 0 Å². The number of esters is 1. The molecule has 36 heavy (non-hydrogen) atoms. The molecule has 7 nitrogen and oxygen atoms in total. The van der Waals surface area contributed by atoms with Gasteiger partial charge in [-0.2, -0.15) is 9.98 Å². The van der Waals surface area contributed by atoms with Gasteiger partial charge in [0.2, 0.25) is 0 Å². The van der Waals surface area contributed by atoms with Crippen molar-refractivity contribution < 1.29 is 14.1 Å². The molecule has 1 aromatic carbocycles. The lowest BCUT2D eigenvalue weighted by atomic mass is 9.98. The molecule has 1 unspecified atom stereocenters.